The van der Waals surface area contributed by atoms with Crippen LogP contribution in [-0.2, 0) is 17.8 Å². The SMILES string of the molecule is O=C(CCCc1c[nH]c2ccccc12)Nc1nn(Cc2c(Cl)cccc2Cl)cc1Cl. The second-order valence-electron chi connectivity index (χ2n) is 6.98. The number of hydrogen-bond acceptors (Lipinski definition) is 2. The highest BCUT2D eigenvalue weighted by atomic mass is 35.5. The number of aromatic amines is 1. The number of H-pyrrole nitrogens is 1. The summed E-state index contributed by atoms with van der Waals surface area (Å²) >= 11 is 18.7. The molecule has 2 N–H and O–H groups in total. The minimum Gasteiger partial charge on any atom is -0.361 e. The average Bonchev–Trinajstić information content (AvgIpc) is 3.28. The van der Waals surface area contributed by atoms with Gasteiger partial charge in [0.05, 0.1) is 6.54 Å². The third kappa shape index (κ3) is 4.64. The Morgan fingerprint density at radius 3 is 2.60 bits per heavy atom. The third-order valence-corrected chi connectivity index (χ3v) is 5.87. The standard InChI is InChI=1S/C22H19Cl3N4O/c23-17-7-4-8-18(24)16(17)12-29-13-19(25)22(28-29)27-21(30)10-3-5-14-11-26-20-9-2-1-6-15(14)20/h1-2,4,6-9,11,13,26H,3,5,10,12H2,(H,27,28,30). The van der Waals surface area contributed by atoms with E-state index in [4.69, 9.17) is 34.8 Å². The summed E-state index contributed by atoms with van der Waals surface area (Å²) in [5.41, 5.74) is 3.06. The van der Waals surface area contributed by atoms with Gasteiger partial charge in [-0.05, 0) is 36.6 Å². The number of aryl methyl sites for hydroxylation is 1. The van der Waals surface area contributed by atoms with Crippen LogP contribution >= 0.6 is 34.8 Å². The van der Waals surface area contributed by atoms with Gasteiger partial charge >= 0.3 is 0 Å². The van der Waals surface area contributed by atoms with Crippen molar-refractivity contribution < 1.29 is 4.79 Å². The van der Waals surface area contributed by atoms with Gasteiger partial charge in [-0.25, -0.2) is 0 Å². The lowest BCUT2D eigenvalue weighted by molar-refractivity contribution is -0.116. The molecule has 0 bridgehead atoms. The molecule has 1 amide bonds. The van der Waals surface area contributed by atoms with Crippen molar-refractivity contribution in [1.29, 1.82) is 0 Å². The van der Waals surface area contributed by atoms with Crippen LogP contribution in [0.4, 0.5) is 5.82 Å². The van der Waals surface area contributed by atoms with Crippen LogP contribution in [0.1, 0.15) is 24.0 Å². The van der Waals surface area contributed by atoms with Crippen LogP contribution in [0.25, 0.3) is 10.9 Å². The minimum atomic E-state index is -0.127. The Bertz CT molecular complexity index is 1180. The zero-order valence-electron chi connectivity index (χ0n) is 16.0. The number of amides is 1. The summed E-state index contributed by atoms with van der Waals surface area (Å²) in [6.45, 7) is 0.356. The number of fused-ring (bicyclic) bond motifs is 1. The molecule has 0 aliphatic carbocycles. The lowest BCUT2D eigenvalue weighted by Crippen LogP contribution is -2.13. The van der Waals surface area contributed by atoms with E-state index >= 15 is 0 Å². The Morgan fingerprint density at radius 1 is 1.03 bits per heavy atom. The fraction of sp³-hybridized carbons (Fsp3) is 0.182. The van der Waals surface area contributed by atoms with Gasteiger partial charge in [0.15, 0.2) is 5.82 Å². The first-order chi connectivity index (χ1) is 14.5. The lowest BCUT2D eigenvalue weighted by atomic mass is 10.1. The number of rotatable bonds is 7. The van der Waals surface area contributed by atoms with Gasteiger partial charge in [-0.15, -0.1) is 0 Å². The predicted molar refractivity (Wildman–Crippen MR) is 123 cm³/mol. The van der Waals surface area contributed by atoms with Crippen molar-refractivity contribution in [1.82, 2.24) is 14.8 Å². The van der Waals surface area contributed by atoms with Crippen LogP contribution in [0.5, 0.6) is 0 Å². The molecule has 0 fully saturated rings. The highest BCUT2D eigenvalue weighted by molar-refractivity contribution is 6.36. The molecule has 2 heterocycles. The zero-order chi connectivity index (χ0) is 21.1. The fourth-order valence-corrected chi connectivity index (χ4v) is 4.10. The summed E-state index contributed by atoms with van der Waals surface area (Å²) in [7, 11) is 0. The first-order valence-electron chi connectivity index (χ1n) is 9.52. The largest absolute Gasteiger partial charge is 0.361 e. The first-order valence-corrected chi connectivity index (χ1v) is 10.7. The molecule has 8 heteroatoms. The number of para-hydroxylation sites is 1. The van der Waals surface area contributed by atoms with Gasteiger partial charge < -0.3 is 10.3 Å². The van der Waals surface area contributed by atoms with Gasteiger partial charge in [-0.3, -0.25) is 9.48 Å². The molecule has 0 atom stereocenters. The summed E-state index contributed by atoms with van der Waals surface area (Å²) in [5.74, 6) is 0.203. The van der Waals surface area contributed by atoms with E-state index in [1.54, 1.807) is 29.1 Å². The van der Waals surface area contributed by atoms with Crippen LogP contribution in [0.3, 0.4) is 0 Å². The predicted octanol–water partition coefficient (Wildman–Crippen LogP) is 6.33. The molecule has 0 unspecified atom stereocenters. The molecule has 30 heavy (non-hydrogen) atoms. The van der Waals surface area contributed by atoms with Crippen LogP contribution in [0, 0.1) is 0 Å². The maximum atomic E-state index is 12.4. The van der Waals surface area contributed by atoms with Crippen molar-refractivity contribution in [2.45, 2.75) is 25.8 Å². The van der Waals surface area contributed by atoms with E-state index in [1.165, 1.54) is 10.9 Å². The molecule has 0 aliphatic rings. The number of carbonyl (C=O) groups is 1. The molecule has 154 valence electrons. The second-order valence-corrected chi connectivity index (χ2v) is 8.21. The van der Waals surface area contributed by atoms with E-state index in [0.717, 1.165) is 23.9 Å². The minimum absolute atomic E-state index is 0.127. The van der Waals surface area contributed by atoms with E-state index < -0.39 is 0 Å². The smallest absolute Gasteiger partial charge is 0.225 e. The molecule has 0 saturated heterocycles. The number of hydrogen-bond donors (Lipinski definition) is 2. The van der Waals surface area contributed by atoms with Crippen molar-refractivity contribution in [3.63, 3.8) is 0 Å². The summed E-state index contributed by atoms with van der Waals surface area (Å²) in [5, 5.41) is 9.81. The zero-order valence-corrected chi connectivity index (χ0v) is 18.2. The van der Waals surface area contributed by atoms with Crippen LogP contribution in [0.15, 0.2) is 54.9 Å². The molecular weight excluding hydrogens is 443 g/mol. The summed E-state index contributed by atoms with van der Waals surface area (Å²) in [4.78, 5) is 15.6. The van der Waals surface area contributed by atoms with Crippen LogP contribution in [-0.4, -0.2) is 20.7 Å². The molecule has 0 spiro atoms. The van der Waals surface area contributed by atoms with E-state index in [-0.39, 0.29) is 5.91 Å². The van der Waals surface area contributed by atoms with Crippen molar-refractivity contribution in [2.75, 3.05) is 5.32 Å². The number of halogens is 3. The van der Waals surface area contributed by atoms with Gasteiger partial charge in [-0.1, -0.05) is 59.1 Å². The monoisotopic (exact) mass is 460 g/mol. The average molecular weight is 462 g/mol. The molecular formula is C22H19Cl3N4O. The molecule has 0 aliphatic heterocycles. The molecule has 4 rings (SSSR count). The Labute approximate surface area is 188 Å². The summed E-state index contributed by atoms with van der Waals surface area (Å²) < 4.78 is 1.61. The number of carbonyl (C=O) groups excluding carboxylic acids is 1. The lowest BCUT2D eigenvalue weighted by Gasteiger charge is -2.07. The Morgan fingerprint density at radius 2 is 1.80 bits per heavy atom. The van der Waals surface area contributed by atoms with E-state index in [2.05, 4.69) is 21.5 Å². The number of benzene rings is 2. The van der Waals surface area contributed by atoms with Gasteiger partial charge in [0.2, 0.25) is 5.91 Å². The van der Waals surface area contributed by atoms with E-state index in [1.807, 2.05) is 24.4 Å². The number of nitrogens with one attached hydrogen (secondary N) is 2. The molecule has 2 aromatic heterocycles. The maximum Gasteiger partial charge on any atom is 0.225 e. The molecule has 4 aromatic rings. The molecule has 5 nitrogen and oxygen atoms in total. The van der Waals surface area contributed by atoms with E-state index in [9.17, 15) is 4.79 Å². The van der Waals surface area contributed by atoms with Crippen LogP contribution in [0.2, 0.25) is 15.1 Å². The fourth-order valence-electron chi connectivity index (χ4n) is 3.38. The quantitative estimate of drug-likeness (QED) is 0.337. The maximum absolute atomic E-state index is 12.4. The number of anilines is 1. The summed E-state index contributed by atoms with van der Waals surface area (Å²) in [6.07, 6.45) is 5.55. The second kappa shape index (κ2) is 9.13. The first kappa shape index (κ1) is 20.8. The van der Waals surface area contributed by atoms with Crippen molar-refractivity contribution in [2.24, 2.45) is 0 Å². The van der Waals surface area contributed by atoms with Gasteiger partial charge in [0.1, 0.15) is 5.02 Å². The van der Waals surface area contributed by atoms with Crippen molar-refractivity contribution in [3.05, 3.63) is 81.1 Å². The Balaban J connectivity index is 1.34. The van der Waals surface area contributed by atoms with Gasteiger partial charge in [0.25, 0.3) is 0 Å². The molecule has 0 saturated carbocycles. The molecule has 0 radical (unpaired) electrons. The molecule has 2 aromatic carbocycles. The Hall–Kier alpha value is -2.47. The topological polar surface area (TPSA) is 62.7 Å². The van der Waals surface area contributed by atoms with Gasteiger partial charge in [0, 0.05) is 45.3 Å². The number of aromatic nitrogens is 3. The van der Waals surface area contributed by atoms with Crippen molar-refractivity contribution >= 4 is 57.4 Å². The number of nitrogens with zero attached hydrogens (tertiary/aromatic N) is 2. The normalized spacial score (nSPS) is 11.2. The summed E-state index contributed by atoms with van der Waals surface area (Å²) in [6, 6.07) is 13.5. The highest BCUT2D eigenvalue weighted by Crippen LogP contribution is 2.27. The third-order valence-electron chi connectivity index (χ3n) is 4.88. The van der Waals surface area contributed by atoms with Crippen molar-refractivity contribution in [3.8, 4) is 0 Å². The highest BCUT2D eigenvalue weighted by Gasteiger charge is 2.13. The van der Waals surface area contributed by atoms with Gasteiger partial charge in [-0.2, -0.15) is 5.10 Å². The van der Waals surface area contributed by atoms with E-state index in [0.29, 0.717) is 33.9 Å². The Kier molecular flexibility index (Phi) is 6.32. The van der Waals surface area contributed by atoms with Crippen LogP contribution < -0.4 is 5.32 Å².